The van der Waals surface area contributed by atoms with Gasteiger partial charge in [-0.15, -0.1) is 0 Å². The SMILES string of the molecule is CCCCOCCC(O)c1ccc(OC)cc1. The maximum Gasteiger partial charge on any atom is 0.118 e. The molecule has 0 spiro atoms. The summed E-state index contributed by atoms with van der Waals surface area (Å²) in [7, 11) is 1.63. The maximum absolute atomic E-state index is 9.92. The molecule has 1 N–H and O–H groups in total. The first-order valence-corrected chi connectivity index (χ1v) is 6.17. The van der Waals surface area contributed by atoms with Gasteiger partial charge in [-0.3, -0.25) is 0 Å². The minimum absolute atomic E-state index is 0.456. The number of aliphatic hydroxyl groups is 1. The van der Waals surface area contributed by atoms with Crippen LogP contribution >= 0.6 is 0 Å². The van der Waals surface area contributed by atoms with Crippen molar-refractivity contribution in [2.24, 2.45) is 0 Å². The summed E-state index contributed by atoms with van der Waals surface area (Å²) in [5, 5.41) is 9.92. The molecule has 0 aromatic heterocycles. The zero-order chi connectivity index (χ0) is 12.5. The third-order valence-electron chi connectivity index (χ3n) is 2.68. The molecule has 1 aromatic rings. The molecule has 0 bridgehead atoms. The molecule has 0 aliphatic rings. The molecule has 0 aliphatic heterocycles. The fourth-order valence-electron chi connectivity index (χ4n) is 1.54. The van der Waals surface area contributed by atoms with E-state index < -0.39 is 6.10 Å². The van der Waals surface area contributed by atoms with Gasteiger partial charge in [-0.2, -0.15) is 0 Å². The van der Waals surface area contributed by atoms with Crippen LogP contribution in [0.2, 0.25) is 0 Å². The Morgan fingerprint density at radius 3 is 2.47 bits per heavy atom. The quantitative estimate of drug-likeness (QED) is 0.708. The van der Waals surface area contributed by atoms with E-state index in [0.29, 0.717) is 13.0 Å². The summed E-state index contributed by atoms with van der Waals surface area (Å²) in [6.07, 6.45) is 2.40. The second-order valence-electron chi connectivity index (χ2n) is 4.04. The van der Waals surface area contributed by atoms with E-state index in [4.69, 9.17) is 9.47 Å². The van der Waals surface area contributed by atoms with Crippen LogP contribution in [0.5, 0.6) is 5.75 Å². The average Bonchev–Trinajstić information content (AvgIpc) is 2.38. The second kappa shape index (κ2) is 8.09. The number of hydrogen-bond acceptors (Lipinski definition) is 3. The molecule has 0 heterocycles. The van der Waals surface area contributed by atoms with Gasteiger partial charge in [0.25, 0.3) is 0 Å². The first-order valence-electron chi connectivity index (χ1n) is 6.17. The van der Waals surface area contributed by atoms with Crippen LogP contribution in [-0.4, -0.2) is 25.4 Å². The molecule has 3 heteroatoms. The lowest BCUT2D eigenvalue weighted by Gasteiger charge is -2.11. The Kier molecular flexibility index (Phi) is 6.67. The van der Waals surface area contributed by atoms with Crippen LogP contribution in [0.25, 0.3) is 0 Å². The average molecular weight is 238 g/mol. The highest BCUT2D eigenvalue weighted by atomic mass is 16.5. The summed E-state index contributed by atoms with van der Waals surface area (Å²) in [4.78, 5) is 0. The Labute approximate surface area is 103 Å². The van der Waals surface area contributed by atoms with Crippen molar-refractivity contribution >= 4 is 0 Å². The lowest BCUT2D eigenvalue weighted by atomic mass is 10.1. The lowest BCUT2D eigenvalue weighted by Crippen LogP contribution is -2.04. The van der Waals surface area contributed by atoms with Crippen molar-refractivity contribution in [2.45, 2.75) is 32.3 Å². The zero-order valence-corrected chi connectivity index (χ0v) is 10.7. The van der Waals surface area contributed by atoms with Crippen molar-refractivity contribution in [1.82, 2.24) is 0 Å². The van der Waals surface area contributed by atoms with Crippen molar-refractivity contribution in [3.05, 3.63) is 29.8 Å². The molecule has 0 radical (unpaired) electrons. The van der Waals surface area contributed by atoms with Gasteiger partial charge in [-0.25, -0.2) is 0 Å². The number of hydrogen-bond donors (Lipinski definition) is 1. The molecular formula is C14H22O3. The fraction of sp³-hybridized carbons (Fsp3) is 0.571. The summed E-state index contributed by atoms with van der Waals surface area (Å²) in [5.41, 5.74) is 0.907. The third-order valence-corrected chi connectivity index (χ3v) is 2.68. The molecule has 1 rings (SSSR count). The Bertz CT molecular complexity index is 295. The largest absolute Gasteiger partial charge is 0.497 e. The number of methoxy groups -OCH3 is 1. The number of rotatable bonds is 8. The van der Waals surface area contributed by atoms with Crippen molar-refractivity contribution in [1.29, 1.82) is 0 Å². The van der Waals surface area contributed by atoms with Crippen molar-refractivity contribution in [3.63, 3.8) is 0 Å². The van der Waals surface area contributed by atoms with Gasteiger partial charge in [-0.1, -0.05) is 25.5 Å². The summed E-state index contributed by atoms with van der Waals surface area (Å²) >= 11 is 0. The number of aliphatic hydroxyl groups excluding tert-OH is 1. The van der Waals surface area contributed by atoms with Gasteiger partial charge in [-0.05, 0) is 24.1 Å². The van der Waals surface area contributed by atoms with Gasteiger partial charge in [0.2, 0.25) is 0 Å². The molecule has 17 heavy (non-hydrogen) atoms. The van der Waals surface area contributed by atoms with E-state index in [-0.39, 0.29) is 0 Å². The first kappa shape index (κ1) is 14.0. The molecule has 1 atom stereocenters. The molecular weight excluding hydrogens is 216 g/mol. The summed E-state index contributed by atoms with van der Waals surface area (Å²) in [5.74, 6) is 0.806. The van der Waals surface area contributed by atoms with Crippen molar-refractivity contribution < 1.29 is 14.6 Å². The fourth-order valence-corrected chi connectivity index (χ4v) is 1.54. The van der Waals surface area contributed by atoms with Crippen LogP contribution in [0, 0.1) is 0 Å². The molecule has 0 saturated heterocycles. The van der Waals surface area contributed by atoms with Crippen LogP contribution in [0.3, 0.4) is 0 Å². The third kappa shape index (κ3) is 5.20. The Morgan fingerprint density at radius 2 is 1.88 bits per heavy atom. The van der Waals surface area contributed by atoms with Crippen LogP contribution in [0.4, 0.5) is 0 Å². The minimum atomic E-state index is -0.456. The molecule has 0 saturated carbocycles. The molecule has 1 aromatic carbocycles. The predicted molar refractivity (Wildman–Crippen MR) is 68.3 cm³/mol. The van der Waals surface area contributed by atoms with E-state index >= 15 is 0 Å². The van der Waals surface area contributed by atoms with Crippen LogP contribution in [0.1, 0.15) is 37.9 Å². The Balaban J connectivity index is 2.28. The van der Waals surface area contributed by atoms with Crippen molar-refractivity contribution in [2.75, 3.05) is 20.3 Å². The number of benzene rings is 1. The zero-order valence-electron chi connectivity index (χ0n) is 10.7. The van der Waals surface area contributed by atoms with E-state index in [2.05, 4.69) is 6.92 Å². The van der Waals surface area contributed by atoms with E-state index in [0.717, 1.165) is 30.8 Å². The van der Waals surface area contributed by atoms with E-state index in [1.54, 1.807) is 7.11 Å². The van der Waals surface area contributed by atoms with Gasteiger partial charge in [0.1, 0.15) is 5.75 Å². The summed E-state index contributed by atoms with van der Waals surface area (Å²) in [6.45, 7) is 3.52. The molecule has 0 aliphatic carbocycles. The highest BCUT2D eigenvalue weighted by Crippen LogP contribution is 2.19. The van der Waals surface area contributed by atoms with Crippen molar-refractivity contribution in [3.8, 4) is 5.75 Å². The molecule has 96 valence electrons. The molecule has 3 nitrogen and oxygen atoms in total. The molecule has 1 unspecified atom stereocenters. The first-order chi connectivity index (χ1) is 8.27. The molecule has 0 amide bonds. The van der Waals surface area contributed by atoms with Crippen LogP contribution in [0.15, 0.2) is 24.3 Å². The van der Waals surface area contributed by atoms with Gasteiger partial charge < -0.3 is 14.6 Å². The summed E-state index contributed by atoms with van der Waals surface area (Å²) < 4.78 is 10.5. The van der Waals surface area contributed by atoms with E-state index in [1.165, 1.54) is 0 Å². The van der Waals surface area contributed by atoms with E-state index in [9.17, 15) is 5.11 Å². The number of ether oxygens (including phenoxy) is 2. The highest BCUT2D eigenvalue weighted by molar-refractivity contribution is 5.28. The predicted octanol–water partition coefficient (Wildman–Crippen LogP) is 2.94. The lowest BCUT2D eigenvalue weighted by molar-refractivity contribution is 0.0804. The van der Waals surface area contributed by atoms with Gasteiger partial charge >= 0.3 is 0 Å². The Hall–Kier alpha value is -1.06. The Morgan fingerprint density at radius 1 is 1.18 bits per heavy atom. The number of unbranched alkanes of at least 4 members (excludes halogenated alkanes) is 1. The normalized spacial score (nSPS) is 12.4. The minimum Gasteiger partial charge on any atom is -0.497 e. The summed E-state index contributed by atoms with van der Waals surface area (Å²) in [6, 6.07) is 7.48. The van der Waals surface area contributed by atoms with Gasteiger partial charge in [0.15, 0.2) is 0 Å². The van der Waals surface area contributed by atoms with Crippen LogP contribution in [-0.2, 0) is 4.74 Å². The van der Waals surface area contributed by atoms with Gasteiger partial charge in [0.05, 0.1) is 13.2 Å². The highest BCUT2D eigenvalue weighted by Gasteiger charge is 2.07. The van der Waals surface area contributed by atoms with E-state index in [1.807, 2.05) is 24.3 Å². The van der Waals surface area contributed by atoms with Gasteiger partial charge in [0, 0.05) is 19.6 Å². The smallest absolute Gasteiger partial charge is 0.118 e. The standard InChI is InChI=1S/C14H22O3/c1-3-4-10-17-11-9-14(15)12-5-7-13(16-2)8-6-12/h5-8,14-15H,3-4,9-11H2,1-2H3. The maximum atomic E-state index is 9.92. The second-order valence-corrected chi connectivity index (χ2v) is 4.04. The topological polar surface area (TPSA) is 38.7 Å². The molecule has 0 fully saturated rings. The monoisotopic (exact) mass is 238 g/mol. The van der Waals surface area contributed by atoms with Crippen LogP contribution < -0.4 is 4.74 Å².